The van der Waals surface area contributed by atoms with Gasteiger partial charge in [0.25, 0.3) is 5.91 Å². The number of rotatable bonds is 8. The Kier molecular flexibility index (Phi) is 7.85. The molecule has 1 atom stereocenters. The zero-order chi connectivity index (χ0) is 26.4. The Morgan fingerprint density at radius 3 is 2.19 bits per heavy atom. The van der Waals surface area contributed by atoms with Crippen LogP contribution in [0.5, 0.6) is 5.75 Å². The number of phenols is 1. The highest BCUT2D eigenvalue weighted by Gasteiger charge is 2.23. The van der Waals surface area contributed by atoms with E-state index in [1.807, 2.05) is 6.07 Å². The third kappa shape index (κ3) is 6.53. The number of carbonyl (C=O) groups excluding carboxylic acids is 2. The quantitative estimate of drug-likeness (QED) is 0.170. The van der Waals surface area contributed by atoms with Crippen molar-refractivity contribution in [1.82, 2.24) is 0 Å². The molecule has 0 spiro atoms. The minimum Gasteiger partial charge on any atom is -0.507 e. The van der Waals surface area contributed by atoms with Gasteiger partial charge in [-0.3, -0.25) is 9.59 Å². The molecule has 0 aliphatic heterocycles. The van der Waals surface area contributed by atoms with Gasteiger partial charge in [0.2, 0.25) is 5.91 Å². The number of amides is 2. The van der Waals surface area contributed by atoms with E-state index in [2.05, 4.69) is 10.6 Å². The van der Waals surface area contributed by atoms with Gasteiger partial charge < -0.3 is 20.8 Å². The van der Waals surface area contributed by atoms with Crippen molar-refractivity contribution in [3.8, 4) is 5.75 Å². The number of anilines is 2. The normalized spacial score (nSPS) is 11.4. The van der Waals surface area contributed by atoms with E-state index in [1.54, 1.807) is 48.5 Å². The molecule has 0 fully saturated rings. The van der Waals surface area contributed by atoms with Crippen LogP contribution in [0.2, 0.25) is 0 Å². The number of hydrogen-bond acceptors (Lipinski definition) is 5. The lowest BCUT2D eigenvalue weighted by atomic mass is 10.1. The molecule has 4 aromatic carbocycles. The highest BCUT2D eigenvalue weighted by atomic mass is 32.2. The summed E-state index contributed by atoms with van der Waals surface area (Å²) < 4.78 is 13.2. The second-order valence-electron chi connectivity index (χ2n) is 7.92. The fourth-order valence-corrected chi connectivity index (χ4v) is 4.56. The minimum absolute atomic E-state index is 0.224. The summed E-state index contributed by atoms with van der Waals surface area (Å²) in [6.07, 6.45) is 0. The molecular formula is C28H21FN2O5S. The number of aromatic carboxylic acids is 1. The van der Waals surface area contributed by atoms with Crippen LogP contribution in [0.3, 0.4) is 0 Å². The molecule has 7 nitrogen and oxygen atoms in total. The zero-order valence-electron chi connectivity index (χ0n) is 19.2. The van der Waals surface area contributed by atoms with Crippen LogP contribution in [0.4, 0.5) is 15.8 Å². The van der Waals surface area contributed by atoms with Crippen LogP contribution in [0.1, 0.15) is 31.5 Å². The number of halogens is 1. The van der Waals surface area contributed by atoms with E-state index in [9.17, 15) is 29.0 Å². The largest absolute Gasteiger partial charge is 0.507 e. The summed E-state index contributed by atoms with van der Waals surface area (Å²) in [4.78, 5) is 37.9. The number of thioether (sulfide) groups is 1. The predicted octanol–water partition coefficient (Wildman–Crippen LogP) is 5.95. The lowest BCUT2D eigenvalue weighted by Crippen LogP contribution is -2.19. The van der Waals surface area contributed by atoms with Gasteiger partial charge in [-0.2, -0.15) is 0 Å². The molecular weight excluding hydrogens is 495 g/mol. The molecule has 1 unspecified atom stereocenters. The number of aromatic hydroxyl groups is 1. The number of nitrogens with one attached hydrogen (secondary N) is 2. The molecule has 9 heteroatoms. The maximum Gasteiger partial charge on any atom is 0.339 e. The van der Waals surface area contributed by atoms with Crippen LogP contribution in [0.15, 0.2) is 102 Å². The summed E-state index contributed by atoms with van der Waals surface area (Å²) in [6, 6.07) is 25.0. The average Bonchev–Trinajstić information content (AvgIpc) is 2.89. The second kappa shape index (κ2) is 11.4. The van der Waals surface area contributed by atoms with Gasteiger partial charge in [0, 0.05) is 21.8 Å². The Morgan fingerprint density at radius 2 is 1.49 bits per heavy atom. The van der Waals surface area contributed by atoms with Crippen molar-refractivity contribution in [1.29, 1.82) is 0 Å². The second-order valence-corrected chi connectivity index (χ2v) is 9.10. The van der Waals surface area contributed by atoms with Gasteiger partial charge in [-0.05, 0) is 66.2 Å². The molecule has 4 N–H and O–H groups in total. The summed E-state index contributed by atoms with van der Waals surface area (Å²) in [6.45, 7) is 0. The number of carbonyl (C=O) groups is 3. The Labute approximate surface area is 216 Å². The molecule has 0 aliphatic carbocycles. The van der Waals surface area contributed by atoms with Crippen LogP contribution >= 0.6 is 11.8 Å². The van der Waals surface area contributed by atoms with Crippen molar-refractivity contribution in [3.63, 3.8) is 0 Å². The van der Waals surface area contributed by atoms with E-state index in [1.165, 1.54) is 54.2 Å². The van der Waals surface area contributed by atoms with Crippen LogP contribution in [0.25, 0.3) is 0 Å². The van der Waals surface area contributed by atoms with E-state index in [0.29, 0.717) is 21.7 Å². The summed E-state index contributed by atoms with van der Waals surface area (Å²) in [7, 11) is 0. The third-order valence-corrected chi connectivity index (χ3v) is 6.54. The number of carboxylic acids is 1. The van der Waals surface area contributed by atoms with E-state index < -0.39 is 34.6 Å². The summed E-state index contributed by atoms with van der Waals surface area (Å²) in [5.41, 5.74) is 1.41. The average molecular weight is 517 g/mol. The first-order chi connectivity index (χ1) is 17.8. The molecule has 0 saturated heterocycles. The first kappa shape index (κ1) is 25.5. The lowest BCUT2D eigenvalue weighted by molar-refractivity contribution is -0.115. The van der Waals surface area contributed by atoms with E-state index in [-0.39, 0.29) is 11.3 Å². The van der Waals surface area contributed by atoms with E-state index in [4.69, 9.17) is 0 Å². The standard InChI is InChI=1S/C28H21FN2O5S/c29-19-11-9-18(10-12-19)26(33)30-20-7-4-8-22(15-20)37-25(17-5-2-1-3-6-17)27(34)31-21-13-14-24(32)23(16-21)28(35)36/h1-16,25,32H,(H,30,33)(H,31,34)(H,35,36). The molecule has 0 aliphatic rings. The van der Waals surface area contributed by atoms with E-state index in [0.717, 1.165) is 0 Å². The van der Waals surface area contributed by atoms with Crippen LogP contribution in [0, 0.1) is 5.82 Å². The van der Waals surface area contributed by atoms with Crippen molar-refractivity contribution >= 4 is 40.9 Å². The van der Waals surface area contributed by atoms with Gasteiger partial charge in [0.1, 0.15) is 22.4 Å². The molecule has 0 heterocycles. The predicted molar refractivity (Wildman–Crippen MR) is 140 cm³/mol. The minimum atomic E-state index is -1.32. The number of carboxylic acid groups (broad SMARTS) is 1. The van der Waals surface area contributed by atoms with Gasteiger partial charge in [0.15, 0.2) is 0 Å². The van der Waals surface area contributed by atoms with Crippen molar-refractivity contribution in [2.24, 2.45) is 0 Å². The molecule has 0 radical (unpaired) electrons. The molecule has 4 rings (SSSR count). The first-order valence-electron chi connectivity index (χ1n) is 11.1. The first-order valence-corrected chi connectivity index (χ1v) is 11.9. The Bertz CT molecular complexity index is 1440. The van der Waals surface area contributed by atoms with Gasteiger partial charge >= 0.3 is 5.97 Å². The number of hydrogen-bond donors (Lipinski definition) is 4. The van der Waals surface area contributed by atoms with Gasteiger partial charge in [0.05, 0.1) is 0 Å². The summed E-state index contributed by atoms with van der Waals surface area (Å²) in [5, 5.41) is 23.8. The van der Waals surface area contributed by atoms with Crippen LogP contribution in [-0.4, -0.2) is 28.0 Å². The Morgan fingerprint density at radius 1 is 0.784 bits per heavy atom. The third-order valence-electron chi connectivity index (χ3n) is 5.29. The van der Waals surface area contributed by atoms with Gasteiger partial charge in [-0.15, -0.1) is 11.8 Å². The SMILES string of the molecule is O=C(Nc1cccc(SC(C(=O)Nc2ccc(O)c(C(=O)O)c2)c2ccccc2)c1)c1ccc(F)cc1. The maximum absolute atomic E-state index is 13.3. The fourth-order valence-electron chi connectivity index (χ4n) is 3.48. The number of benzene rings is 4. The van der Waals surface area contributed by atoms with Crippen molar-refractivity contribution < 1.29 is 29.0 Å². The molecule has 0 saturated carbocycles. The Balaban J connectivity index is 1.55. The van der Waals surface area contributed by atoms with Crippen molar-refractivity contribution in [2.45, 2.75) is 10.1 Å². The van der Waals surface area contributed by atoms with Gasteiger partial charge in [-0.1, -0.05) is 36.4 Å². The fraction of sp³-hybridized carbons (Fsp3) is 0.0357. The van der Waals surface area contributed by atoms with Crippen molar-refractivity contribution in [2.75, 3.05) is 10.6 Å². The highest BCUT2D eigenvalue weighted by Crippen LogP contribution is 2.37. The topological polar surface area (TPSA) is 116 Å². The molecule has 37 heavy (non-hydrogen) atoms. The summed E-state index contributed by atoms with van der Waals surface area (Å²) >= 11 is 1.24. The molecule has 186 valence electrons. The van der Waals surface area contributed by atoms with Crippen LogP contribution < -0.4 is 10.6 Å². The van der Waals surface area contributed by atoms with E-state index >= 15 is 0 Å². The smallest absolute Gasteiger partial charge is 0.339 e. The molecule has 0 aromatic heterocycles. The molecule has 4 aromatic rings. The maximum atomic E-state index is 13.3. The molecule has 0 bridgehead atoms. The molecule has 2 amide bonds. The Hall–Kier alpha value is -4.63. The monoisotopic (exact) mass is 516 g/mol. The highest BCUT2D eigenvalue weighted by molar-refractivity contribution is 8.00. The van der Waals surface area contributed by atoms with Crippen molar-refractivity contribution in [3.05, 3.63) is 120 Å². The van der Waals surface area contributed by atoms with Gasteiger partial charge in [-0.25, -0.2) is 9.18 Å². The van der Waals surface area contributed by atoms with Crippen LogP contribution in [-0.2, 0) is 4.79 Å². The lowest BCUT2D eigenvalue weighted by Gasteiger charge is -2.18. The summed E-state index contributed by atoms with van der Waals surface area (Å²) in [5.74, 6) is -2.97. The zero-order valence-corrected chi connectivity index (χ0v) is 20.0.